The van der Waals surface area contributed by atoms with Crippen molar-refractivity contribution in [2.24, 2.45) is 0 Å². The smallest absolute Gasteiger partial charge is 0.291 e. The maximum atomic E-state index is 13.1. The Morgan fingerprint density at radius 3 is 2.61 bits per heavy atom. The molecule has 0 bridgehead atoms. The number of benzene rings is 1. The summed E-state index contributed by atoms with van der Waals surface area (Å²) in [6.07, 6.45) is 6.60. The van der Waals surface area contributed by atoms with Crippen molar-refractivity contribution in [3.05, 3.63) is 47.4 Å². The Labute approximate surface area is 183 Å². The van der Waals surface area contributed by atoms with Gasteiger partial charge in [0.25, 0.3) is 5.91 Å². The van der Waals surface area contributed by atoms with Crippen LogP contribution in [0, 0.1) is 0 Å². The van der Waals surface area contributed by atoms with E-state index in [9.17, 15) is 9.90 Å². The summed E-state index contributed by atoms with van der Waals surface area (Å²) >= 11 is 0. The van der Waals surface area contributed by atoms with Gasteiger partial charge in [-0.25, -0.2) is 0 Å². The summed E-state index contributed by atoms with van der Waals surface area (Å²) in [5.41, 5.74) is 3.16. The molecule has 3 fully saturated rings. The number of rotatable bonds is 5. The van der Waals surface area contributed by atoms with Gasteiger partial charge in [0.1, 0.15) is 5.76 Å². The molecule has 3 heterocycles. The molecule has 1 amide bonds. The highest BCUT2D eigenvalue weighted by Crippen LogP contribution is 2.43. The molecule has 2 aliphatic heterocycles. The molecular weight excluding hydrogens is 392 g/mol. The van der Waals surface area contributed by atoms with Crippen molar-refractivity contribution in [2.45, 2.75) is 62.9 Å². The highest BCUT2D eigenvalue weighted by molar-refractivity contribution is 6.04. The first-order chi connectivity index (χ1) is 15.2. The number of hydrogen-bond donors (Lipinski definition) is 2. The third-order valence-electron chi connectivity index (χ3n) is 6.83. The highest BCUT2D eigenvalue weighted by atomic mass is 16.5. The number of anilines is 2. The fourth-order valence-corrected chi connectivity index (χ4v) is 4.78. The van der Waals surface area contributed by atoms with Crippen molar-refractivity contribution in [2.75, 3.05) is 36.5 Å². The van der Waals surface area contributed by atoms with Crippen LogP contribution in [0.3, 0.4) is 0 Å². The molecule has 1 aromatic heterocycles. The Morgan fingerprint density at radius 2 is 1.81 bits per heavy atom. The van der Waals surface area contributed by atoms with Crippen LogP contribution in [-0.2, 0) is 4.74 Å². The van der Waals surface area contributed by atoms with Gasteiger partial charge in [-0.1, -0.05) is 6.07 Å². The molecule has 5 rings (SSSR count). The monoisotopic (exact) mass is 424 g/mol. The lowest BCUT2D eigenvalue weighted by molar-refractivity contribution is 0.0799. The van der Waals surface area contributed by atoms with E-state index < -0.39 is 0 Å². The normalized spacial score (nSPS) is 22.9. The summed E-state index contributed by atoms with van der Waals surface area (Å²) in [6.45, 7) is 3.17. The first-order valence-corrected chi connectivity index (χ1v) is 11.7. The molecule has 6 nitrogen and oxygen atoms in total. The number of aliphatic hydroxyl groups excluding tert-OH is 1. The van der Waals surface area contributed by atoms with Crippen LogP contribution in [0.15, 0.2) is 34.7 Å². The fourth-order valence-electron chi connectivity index (χ4n) is 4.78. The Hall–Kier alpha value is -2.31. The van der Waals surface area contributed by atoms with Gasteiger partial charge in [0, 0.05) is 32.2 Å². The minimum absolute atomic E-state index is 0.206. The number of carbonyl (C=O) groups excluding carboxylic acids is 1. The zero-order valence-electron chi connectivity index (χ0n) is 18.0. The molecule has 0 spiro atoms. The van der Waals surface area contributed by atoms with E-state index in [1.54, 1.807) is 6.07 Å². The zero-order valence-corrected chi connectivity index (χ0v) is 18.0. The van der Waals surface area contributed by atoms with Crippen LogP contribution in [0.5, 0.6) is 0 Å². The quantitative estimate of drug-likeness (QED) is 0.731. The van der Waals surface area contributed by atoms with E-state index in [2.05, 4.69) is 28.4 Å². The zero-order chi connectivity index (χ0) is 21.2. The molecule has 31 heavy (non-hydrogen) atoms. The van der Waals surface area contributed by atoms with Crippen LogP contribution in [0.2, 0.25) is 0 Å². The van der Waals surface area contributed by atoms with Crippen molar-refractivity contribution in [3.63, 3.8) is 0 Å². The third kappa shape index (κ3) is 4.80. The number of carbonyl (C=O) groups is 1. The predicted molar refractivity (Wildman–Crippen MR) is 120 cm³/mol. The molecule has 2 N–H and O–H groups in total. The molecule has 1 aromatic carbocycles. The van der Waals surface area contributed by atoms with Gasteiger partial charge in [-0.2, -0.15) is 0 Å². The average Bonchev–Trinajstić information content (AvgIpc) is 3.56. The molecule has 0 radical (unpaired) electrons. The van der Waals surface area contributed by atoms with Gasteiger partial charge in [0.15, 0.2) is 5.76 Å². The summed E-state index contributed by atoms with van der Waals surface area (Å²) in [5, 5.41) is 13.2. The van der Waals surface area contributed by atoms with Crippen LogP contribution in [0.4, 0.5) is 11.4 Å². The number of nitrogens with one attached hydrogen (secondary N) is 1. The van der Waals surface area contributed by atoms with E-state index in [1.165, 1.54) is 18.4 Å². The Morgan fingerprint density at radius 1 is 0.968 bits per heavy atom. The van der Waals surface area contributed by atoms with Crippen molar-refractivity contribution in [3.8, 4) is 0 Å². The molecule has 6 heteroatoms. The maximum absolute atomic E-state index is 13.1. The van der Waals surface area contributed by atoms with Crippen LogP contribution in [-0.4, -0.2) is 43.4 Å². The Kier molecular flexibility index (Phi) is 6.01. The summed E-state index contributed by atoms with van der Waals surface area (Å²) in [4.78, 5) is 15.4. The molecule has 2 aromatic rings. The SMILES string of the molecule is O=C(Nc1cc(C2CC2)ccc1N1CCC[C@@H](O)CC1)c1ccc(C2CCOCC2)o1. The van der Waals surface area contributed by atoms with Gasteiger partial charge in [-0.15, -0.1) is 0 Å². The molecule has 1 aliphatic carbocycles. The second-order valence-corrected chi connectivity index (χ2v) is 9.17. The largest absolute Gasteiger partial charge is 0.456 e. The third-order valence-corrected chi connectivity index (χ3v) is 6.83. The number of nitrogens with zero attached hydrogens (tertiary/aromatic N) is 1. The van der Waals surface area contributed by atoms with Crippen LogP contribution < -0.4 is 10.2 Å². The topological polar surface area (TPSA) is 74.9 Å². The molecule has 3 aliphatic rings. The molecule has 1 atom stereocenters. The van der Waals surface area contributed by atoms with Gasteiger partial charge in [0.2, 0.25) is 0 Å². The van der Waals surface area contributed by atoms with Gasteiger partial charge < -0.3 is 24.5 Å². The van der Waals surface area contributed by atoms with Crippen LogP contribution >= 0.6 is 0 Å². The van der Waals surface area contributed by atoms with E-state index in [0.717, 1.165) is 75.5 Å². The standard InChI is InChI=1S/C25H32N2O4/c28-20-2-1-12-27(13-9-20)22-6-5-19(17-3-4-17)16-21(22)26-25(29)24-8-7-23(31-24)18-10-14-30-15-11-18/h5-8,16-18,20,28H,1-4,9-15H2,(H,26,29)/t20-/m1/s1. The highest BCUT2D eigenvalue weighted by Gasteiger charge is 2.27. The number of furan rings is 1. The molecular formula is C25H32N2O4. The predicted octanol–water partition coefficient (Wildman–Crippen LogP) is 4.65. The van der Waals surface area contributed by atoms with Crippen LogP contribution in [0.25, 0.3) is 0 Å². The minimum Gasteiger partial charge on any atom is -0.456 e. The fraction of sp³-hybridized carbons (Fsp3) is 0.560. The number of hydrogen-bond acceptors (Lipinski definition) is 5. The van der Waals surface area contributed by atoms with Gasteiger partial charge in [0.05, 0.1) is 17.5 Å². The lowest BCUT2D eigenvalue weighted by atomic mass is 9.98. The first kappa shape index (κ1) is 20.6. The van der Waals surface area contributed by atoms with Gasteiger partial charge in [-0.05, 0) is 80.7 Å². The van der Waals surface area contributed by atoms with Crippen molar-refractivity contribution < 1.29 is 19.1 Å². The average molecular weight is 425 g/mol. The molecule has 2 saturated heterocycles. The molecule has 166 valence electrons. The second-order valence-electron chi connectivity index (χ2n) is 9.17. The van der Waals surface area contributed by atoms with E-state index in [0.29, 0.717) is 17.6 Å². The molecule has 0 unspecified atom stereocenters. The van der Waals surface area contributed by atoms with Gasteiger partial charge in [-0.3, -0.25) is 4.79 Å². The number of aliphatic hydroxyl groups is 1. The van der Waals surface area contributed by atoms with Crippen molar-refractivity contribution in [1.82, 2.24) is 0 Å². The Bertz CT molecular complexity index is 914. The van der Waals surface area contributed by atoms with E-state index in [1.807, 2.05) is 6.07 Å². The molecule has 1 saturated carbocycles. The maximum Gasteiger partial charge on any atom is 0.291 e. The van der Waals surface area contributed by atoms with Gasteiger partial charge >= 0.3 is 0 Å². The number of ether oxygens (including phenoxy) is 1. The lowest BCUT2D eigenvalue weighted by Gasteiger charge is -2.26. The second kappa shape index (κ2) is 9.05. The van der Waals surface area contributed by atoms with E-state index in [4.69, 9.17) is 9.15 Å². The lowest BCUT2D eigenvalue weighted by Crippen LogP contribution is -2.26. The Balaban J connectivity index is 1.36. The van der Waals surface area contributed by atoms with Crippen molar-refractivity contribution >= 4 is 17.3 Å². The van der Waals surface area contributed by atoms with Crippen molar-refractivity contribution in [1.29, 1.82) is 0 Å². The number of amides is 1. The van der Waals surface area contributed by atoms with E-state index >= 15 is 0 Å². The van der Waals surface area contributed by atoms with E-state index in [-0.39, 0.29) is 12.0 Å². The summed E-state index contributed by atoms with van der Waals surface area (Å²) in [7, 11) is 0. The minimum atomic E-state index is -0.236. The van der Waals surface area contributed by atoms with Crippen LogP contribution in [0.1, 0.15) is 78.7 Å². The summed E-state index contributed by atoms with van der Waals surface area (Å²) < 4.78 is 11.4. The first-order valence-electron chi connectivity index (χ1n) is 11.7. The summed E-state index contributed by atoms with van der Waals surface area (Å²) in [5.74, 6) is 1.96. The summed E-state index contributed by atoms with van der Waals surface area (Å²) in [6, 6.07) is 10.2.